The molecule has 1 aromatic heterocycles. The number of nitrogen functional groups attached to an aromatic ring is 1. The van der Waals surface area contributed by atoms with Gasteiger partial charge >= 0.3 is 0 Å². The standard InChI is InChI=1S/C9H7ClFN3S2/c1-4-13-14-9(15-4)16-8-2-5(10)6(11)3-7(8)12/h2-3H,12H2,1H3. The summed E-state index contributed by atoms with van der Waals surface area (Å²) in [6, 6.07) is 2.70. The molecule has 0 aliphatic rings. The first-order valence-corrected chi connectivity index (χ1v) is 6.30. The van der Waals surface area contributed by atoms with Crippen molar-refractivity contribution in [1.82, 2.24) is 10.2 Å². The maximum Gasteiger partial charge on any atom is 0.179 e. The van der Waals surface area contributed by atoms with Crippen molar-refractivity contribution in [3.8, 4) is 0 Å². The van der Waals surface area contributed by atoms with Gasteiger partial charge in [0.2, 0.25) is 0 Å². The average molecular weight is 276 g/mol. The maximum atomic E-state index is 13.1. The number of hydrogen-bond donors (Lipinski definition) is 1. The lowest BCUT2D eigenvalue weighted by Gasteiger charge is -2.03. The van der Waals surface area contributed by atoms with Crippen molar-refractivity contribution in [3.63, 3.8) is 0 Å². The molecule has 0 fully saturated rings. The second-order valence-corrected chi connectivity index (χ2v) is 5.87. The summed E-state index contributed by atoms with van der Waals surface area (Å²) in [7, 11) is 0. The van der Waals surface area contributed by atoms with E-state index in [0.29, 0.717) is 10.6 Å². The highest BCUT2D eigenvalue weighted by Gasteiger charge is 2.10. The van der Waals surface area contributed by atoms with Crippen LogP contribution in [-0.2, 0) is 0 Å². The highest BCUT2D eigenvalue weighted by molar-refractivity contribution is 8.01. The van der Waals surface area contributed by atoms with E-state index in [1.165, 1.54) is 35.2 Å². The zero-order chi connectivity index (χ0) is 11.7. The van der Waals surface area contributed by atoms with Crippen molar-refractivity contribution >= 4 is 40.4 Å². The minimum atomic E-state index is -0.517. The van der Waals surface area contributed by atoms with Gasteiger partial charge in [0, 0.05) is 10.6 Å². The lowest BCUT2D eigenvalue weighted by atomic mass is 10.3. The van der Waals surface area contributed by atoms with Crippen LogP contribution in [0.2, 0.25) is 5.02 Å². The number of halogens is 2. The lowest BCUT2D eigenvalue weighted by Crippen LogP contribution is -1.90. The first-order chi connectivity index (χ1) is 7.56. The van der Waals surface area contributed by atoms with E-state index in [1.807, 2.05) is 6.92 Å². The molecule has 2 aromatic rings. The zero-order valence-electron chi connectivity index (χ0n) is 8.20. The molecule has 0 amide bonds. The van der Waals surface area contributed by atoms with Gasteiger partial charge in [0.25, 0.3) is 0 Å². The van der Waals surface area contributed by atoms with E-state index in [0.717, 1.165) is 9.35 Å². The van der Waals surface area contributed by atoms with Crippen LogP contribution < -0.4 is 5.73 Å². The van der Waals surface area contributed by atoms with Crippen LogP contribution in [0.5, 0.6) is 0 Å². The van der Waals surface area contributed by atoms with Gasteiger partial charge < -0.3 is 5.73 Å². The Hall–Kier alpha value is -0.850. The van der Waals surface area contributed by atoms with E-state index in [-0.39, 0.29) is 5.02 Å². The number of benzene rings is 1. The molecule has 0 aliphatic carbocycles. The Bertz CT molecular complexity index is 529. The molecular formula is C9H7ClFN3S2. The molecule has 0 aliphatic heterocycles. The molecule has 0 atom stereocenters. The molecule has 84 valence electrons. The van der Waals surface area contributed by atoms with Gasteiger partial charge in [-0.2, -0.15) is 0 Å². The van der Waals surface area contributed by atoms with Gasteiger partial charge in [-0.1, -0.05) is 34.7 Å². The molecular weight excluding hydrogens is 269 g/mol. The summed E-state index contributed by atoms with van der Waals surface area (Å²) in [4.78, 5) is 0.683. The van der Waals surface area contributed by atoms with Crippen LogP contribution >= 0.6 is 34.7 Å². The Balaban J connectivity index is 2.31. The first-order valence-electron chi connectivity index (χ1n) is 4.29. The summed E-state index contributed by atoms with van der Waals surface area (Å²) >= 11 is 8.46. The van der Waals surface area contributed by atoms with Gasteiger partial charge in [0.15, 0.2) is 4.34 Å². The third-order valence-corrected chi connectivity index (χ3v) is 4.01. The lowest BCUT2D eigenvalue weighted by molar-refractivity contribution is 0.628. The van der Waals surface area contributed by atoms with Crippen molar-refractivity contribution in [2.75, 3.05) is 5.73 Å². The van der Waals surface area contributed by atoms with Crippen LogP contribution in [0.1, 0.15) is 5.01 Å². The number of hydrogen-bond acceptors (Lipinski definition) is 5. The number of rotatable bonds is 2. The Morgan fingerprint density at radius 3 is 2.81 bits per heavy atom. The molecule has 1 heterocycles. The molecule has 0 bridgehead atoms. The maximum absolute atomic E-state index is 13.1. The van der Waals surface area contributed by atoms with Gasteiger partial charge in [0.1, 0.15) is 10.8 Å². The van der Waals surface area contributed by atoms with Gasteiger partial charge in [-0.05, 0) is 19.1 Å². The van der Waals surface area contributed by atoms with Gasteiger partial charge in [-0.15, -0.1) is 10.2 Å². The van der Waals surface area contributed by atoms with E-state index in [9.17, 15) is 4.39 Å². The molecule has 7 heteroatoms. The fraction of sp³-hybridized carbons (Fsp3) is 0.111. The molecule has 2 N–H and O–H groups in total. The van der Waals surface area contributed by atoms with Crippen molar-refractivity contribution in [2.24, 2.45) is 0 Å². The van der Waals surface area contributed by atoms with E-state index < -0.39 is 5.82 Å². The van der Waals surface area contributed by atoms with E-state index in [4.69, 9.17) is 17.3 Å². The molecule has 0 spiro atoms. The Morgan fingerprint density at radius 1 is 1.44 bits per heavy atom. The molecule has 0 radical (unpaired) electrons. The van der Waals surface area contributed by atoms with Crippen molar-refractivity contribution in [3.05, 3.63) is 28.0 Å². The van der Waals surface area contributed by atoms with Crippen LogP contribution in [0.25, 0.3) is 0 Å². The average Bonchev–Trinajstić information content (AvgIpc) is 2.60. The predicted octanol–water partition coefficient (Wildman–Crippen LogP) is 3.37. The number of anilines is 1. The summed E-state index contributed by atoms with van der Waals surface area (Å²) in [5.74, 6) is -0.517. The molecule has 2 rings (SSSR count). The first kappa shape index (κ1) is 11.6. The number of aryl methyl sites for hydroxylation is 1. The Labute approximate surface area is 105 Å². The minimum Gasteiger partial charge on any atom is -0.398 e. The van der Waals surface area contributed by atoms with Crippen molar-refractivity contribution < 1.29 is 4.39 Å². The number of aromatic nitrogens is 2. The number of nitrogens with two attached hydrogens (primary N) is 1. The van der Waals surface area contributed by atoms with E-state index in [1.54, 1.807) is 0 Å². The quantitative estimate of drug-likeness (QED) is 0.854. The SMILES string of the molecule is Cc1nnc(Sc2cc(Cl)c(F)cc2N)s1. The summed E-state index contributed by atoms with van der Waals surface area (Å²) < 4.78 is 13.8. The number of nitrogens with zero attached hydrogens (tertiary/aromatic N) is 2. The third-order valence-electron chi connectivity index (χ3n) is 1.76. The molecule has 0 saturated carbocycles. The van der Waals surface area contributed by atoms with Gasteiger partial charge in [0.05, 0.1) is 5.02 Å². The normalized spacial score (nSPS) is 10.7. The summed E-state index contributed by atoms with van der Waals surface area (Å²) in [5.41, 5.74) is 6.03. The van der Waals surface area contributed by atoms with Crippen LogP contribution in [0.3, 0.4) is 0 Å². The fourth-order valence-electron chi connectivity index (χ4n) is 1.05. The minimum absolute atomic E-state index is 0.0536. The highest BCUT2D eigenvalue weighted by Crippen LogP contribution is 2.36. The van der Waals surface area contributed by atoms with Crippen LogP contribution in [0.15, 0.2) is 21.4 Å². The smallest absolute Gasteiger partial charge is 0.179 e. The van der Waals surface area contributed by atoms with Crippen LogP contribution in [0.4, 0.5) is 10.1 Å². The second-order valence-electron chi connectivity index (χ2n) is 2.99. The predicted molar refractivity (Wildman–Crippen MR) is 64.6 cm³/mol. The highest BCUT2D eigenvalue weighted by atomic mass is 35.5. The molecule has 1 aromatic carbocycles. The second kappa shape index (κ2) is 4.57. The molecule has 0 saturated heterocycles. The van der Waals surface area contributed by atoms with Gasteiger partial charge in [-0.25, -0.2) is 4.39 Å². The summed E-state index contributed by atoms with van der Waals surface area (Å²) in [6.45, 7) is 1.86. The Kier molecular flexibility index (Phi) is 3.32. The van der Waals surface area contributed by atoms with Crippen LogP contribution in [0, 0.1) is 12.7 Å². The van der Waals surface area contributed by atoms with E-state index in [2.05, 4.69) is 10.2 Å². The van der Waals surface area contributed by atoms with Crippen molar-refractivity contribution in [1.29, 1.82) is 0 Å². The summed E-state index contributed by atoms with van der Waals surface area (Å²) in [6.07, 6.45) is 0. The summed E-state index contributed by atoms with van der Waals surface area (Å²) in [5, 5.41) is 8.75. The molecule has 16 heavy (non-hydrogen) atoms. The van der Waals surface area contributed by atoms with Crippen molar-refractivity contribution in [2.45, 2.75) is 16.2 Å². The van der Waals surface area contributed by atoms with Gasteiger partial charge in [-0.3, -0.25) is 0 Å². The third kappa shape index (κ3) is 2.45. The fourth-order valence-corrected chi connectivity index (χ4v) is 3.11. The molecule has 0 unspecified atom stereocenters. The van der Waals surface area contributed by atoms with E-state index >= 15 is 0 Å². The molecule has 3 nitrogen and oxygen atoms in total. The monoisotopic (exact) mass is 275 g/mol. The zero-order valence-corrected chi connectivity index (χ0v) is 10.6. The topological polar surface area (TPSA) is 51.8 Å². The Morgan fingerprint density at radius 2 is 2.19 bits per heavy atom. The van der Waals surface area contributed by atoms with Crippen LogP contribution in [-0.4, -0.2) is 10.2 Å². The largest absolute Gasteiger partial charge is 0.398 e.